The molecule has 0 saturated carbocycles. The minimum atomic E-state index is -0.320. The first-order chi connectivity index (χ1) is 16.4. The lowest BCUT2D eigenvalue weighted by molar-refractivity contribution is -0.116. The van der Waals surface area contributed by atoms with Crippen molar-refractivity contribution < 1.29 is 14.1 Å². The van der Waals surface area contributed by atoms with E-state index in [-0.39, 0.29) is 24.6 Å². The molecule has 5 rings (SSSR count). The van der Waals surface area contributed by atoms with Crippen molar-refractivity contribution in [2.45, 2.75) is 26.9 Å². The van der Waals surface area contributed by atoms with Gasteiger partial charge < -0.3 is 19.1 Å². The fourth-order valence-electron chi connectivity index (χ4n) is 3.91. The Kier molecular flexibility index (Phi) is 5.33. The van der Waals surface area contributed by atoms with Gasteiger partial charge in [-0.05, 0) is 44.2 Å². The van der Waals surface area contributed by atoms with Crippen LogP contribution in [0, 0.1) is 13.8 Å². The summed E-state index contributed by atoms with van der Waals surface area (Å²) in [6.07, 6.45) is 1.44. The number of anilines is 1. The highest BCUT2D eigenvalue weighted by Gasteiger charge is 2.20. The molecule has 0 saturated heterocycles. The second kappa shape index (κ2) is 8.47. The zero-order valence-electron chi connectivity index (χ0n) is 18.9. The molecule has 0 fully saturated rings. The Morgan fingerprint density at radius 1 is 1.15 bits per heavy atom. The zero-order chi connectivity index (χ0) is 23.8. The smallest absolute Gasteiger partial charge is 0.278 e. The van der Waals surface area contributed by atoms with E-state index in [0.717, 1.165) is 10.9 Å². The second-order valence-electron chi connectivity index (χ2n) is 7.99. The molecule has 10 heteroatoms. The third kappa shape index (κ3) is 3.90. The van der Waals surface area contributed by atoms with Crippen LogP contribution >= 0.6 is 0 Å². The summed E-state index contributed by atoms with van der Waals surface area (Å²) < 4.78 is 13.6. The minimum Gasteiger partial charge on any atom is -0.497 e. The number of carbonyl (C=O) groups excluding carboxylic acids is 1. The summed E-state index contributed by atoms with van der Waals surface area (Å²) in [7, 11) is 1.57. The maximum atomic E-state index is 13.5. The third-order valence-electron chi connectivity index (χ3n) is 5.55. The number of hydrogen-bond donors (Lipinski definition) is 1. The summed E-state index contributed by atoms with van der Waals surface area (Å²) in [5, 5.41) is 7.37. The molecule has 34 heavy (non-hydrogen) atoms. The van der Waals surface area contributed by atoms with Gasteiger partial charge >= 0.3 is 0 Å². The number of nitrogens with one attached hydrogen (secondary N) is 1. The van der Waals surface area contributed by atoms with Crippen LogP contribution in [0.3, 0.4) is 0 Å². The Bertz CT molecular complexity index is 1580. The highest BCUT2D eigenvalue weighted by atomic mass is 16.5. The predicted molar refractivity (Wildman–Crippen MR) is 126 cm³/mol. The molecule has 1 N–H and O–H groups in total. The molecule has 0 spiro atoms. The van der Waals surface area contributed by atoms with Crippen LogP contribution in [0.4, 0.5) is 5.69 Å². The van der Waals surface area contributed by atoms with Gasteiger partial charge in [0.1, 0.15) is 29.9 Å². The molecule has 0 bridgehead atoms. The van der Waals surface area contributed by atoms with Crippen LogP contribution in [-0.2, 0) is 17.9 Å². The van der Waals surface area contributed by atoms with E-state index in [4.69, 9.17) is 9.26 Å². The van der Waals surface area contributed by atoms with Gasteiger partial charge in [0, 0.05) is 11.1 Å². The topological polar surface area (TPSA) is 117 Å². The Hall–Kier alpha value is -4.47. The van der Waals surface area contributed by atoms with Gasteiger partial charge in [-0.3, -0.25) is 14.2 Å². The van der Waals surface area contributed by atoms with Crippen molar-refractivity contribution in [2.24, 2.45) is 0 Å². The molecule has 0 radical (unpaired) electrons. The van der Waals surface area contributed by atoms with Crippen molar-refractivity contribution in [1.82, 2.24) is 24.3 Å². The van der Waals surface area contributed by atoms with Crippen LogP contribution in [0.25, 0.3) is 21.9 Å². The van der Waals surface area contributed by atoms with E-state index < -0.39 is 0 Å². The SMILES string of the molecule is COc1ccc2c(c1)c1ncn(Cc3nc(C)no3)c(=O)c1n2CC(=O)Nc1ccc(C)cc1. The van der Waals surface area contributed by atoms with Gasteiger partial charge in [0.2, 0.25) is 11.8 Å². The number of rotatable bonds is 6. The number of fused-ring (bicyclic) bond motifs is 3. The second-order valence-corrected chi connectivity index (χ2v) is 7.99. The summed E-state index contributed by atoms with van der Waals surface area (Å²) >= 11 is 0. The quantitative estimate of drug-likeness (QED) is 0.416. The lowest BCUT2D eigenvalue weighted by Gasteiger charge is -2.10. The number of nitrogens with zero attached hydrogens (tertiary/aromatic N) is 5. The summed E-state index contributed by atoms with van der Waals surface area (Å²) in [4.78, 5) is 35.2. The lowest BCUT2D eigenvalue weighted by Crippen LogP contribution is -2.25. The van der Waals surface area contributed by atoms with Gasteiger partial charge in [-0.1, -0.05) is 22.9 Å². The van der Waals surface area contributed by atoms with Crippen molar-refractivity contribution in [3.8, 4) is 5.75 Å². The van der Waals surface area contributed by atoms with Crippen LogP contribution in [0.1, 0.15) is 17.3 Å². The van der Waals surface area contributed by atoms with Gasteiger partial charge in [0.25, 0.3) is 5.56 Å². The molecule has 1 amide bonds. The van der Waals surface area contributed by atoms with Crippen molar-refractivity contribution in [2.75, 3.05) is 12.4 Å². The van der Waals surface area contributed by atoms with Gasteiger partial charge in [0.15, 0.2) is 5.82 Å². The third-order valence-corrected chi connectivity index (χ3v) is 5.55. The molecule has 0 aliphatic heterocycles. The molecule has 3 heterocycles. The van der Waals surface area contributed by atoms with Gasteiger partial charge in [0.05, 0.1) is 19.0 Å². The first-order valence-electron chi connectivity index (χ1n) is 10.6. The number of hydrogen-bond acceptors (Lipinski definition) is 7. The van der Waals surface area contributed by atoms with E-state index in [0.29, 0.717) is 39.7 Å². The molecule has 172 valence electrons. The molecule has 3 aromatic heterocycles. The highest BCUT2D eigenvalue weighted by molar-refractivity contribution is 6.07. The highest BCUT2D eigenvalue weighted by Crippen LogP contribution is 2.29. The molecule has 5 aromatic rings. The number of ether oxygens (including phenoxy) is 1. The van der Waals surface area contributed by atoms with E-state index >= 15 is 0 Å². The Morgan fingerprint density at radius 3 is 2.65 bits per heavy atom. The van der Waals surface area contributed by atoms with Crippen LogP contribution in [-0.4, -0.2) is 37.3 Å². The molecule has 0 aliphatic rings. The molecule has 2 aromatic carbocycles. The number of carbonyl (C=O) groups is 1. The van der Waals surface area contributed by atoms with Crippen LogP contribution in [0.2, 0.25) is 0 Å². The lowest BCUT2D eigenvalue weighted by atomic mass is 10.2. The fourth-order valence-corrected chi connectivity index (χ4v) is 3.91. The first kappa shape index (κ1) is 21.4. The fraction of sp³-hybridized carbons (Fsp3) is 0.208. The summed E-state index contributed by atoms with van der Waals surface area (Å²) in [6, 6.07) is 12.9. The van der Waals surface area contributed by atoms with Crippen LogP contribution in [0.5, 0.6) is 5.75 Å². The molecule has 0 unspecified atom stereocenters. The monoisotopic (exact) mass is 458 g/mol. The number of benzene rings is 2. The Labute approximate surface area is 193 Å². The standard InChI is InChI=1S/C24H22N6O4/c1-14-4-6-16(7-5-14)27-20(31)11-30-19-9-8-17(33-3)10-18(19)22-23(30)24(32)29(13-25-22)12-21-26-15(2)28-34-21/h4-10,13H,11-12H2,1-3H3,(H,27,31). The maximum absolute atomic E-state index is 13.5. The normalized spacial score (nSPS) is 11.3. The average molecular weight is 458 g/mol. The predicted octanol–water partition coefficient (Wildman–Crippen LogP) is 3.05. The summed E-state index contributed by atoms with van der Waals surface area (Å²) in [5.74, 6) is 1.14. The van der Waals surface area contributed by atoms with Gasteiger partial charge in [-0.15, -0.1) is 0 Å². The van der Waals surface area contributed by atoms with Gasteiger partial charge in [-0.2, -0.15) is 4.98 Å². The molecule has 0 atom stereocenters. The van der Waals surface area contributed by atoms with Crippen molar-refractivity contribution in [3.63, 3.8) is 0 Å². The van der Waals surface area contributed by atoms with Crippen molar-refractivity contribution in [3.05, 3.63) is 76.4 Å². The van der Waals surface area contributed by atoms with Crippen LogP contribution < -0.4 is 15.6 Å². The van der Waals surface area contributed by atoms with E-state index in [1.165, 1.54) is 10.9 Å². The number of methoxy groups -OCH3 is 1. The Balaban J connectivity index is 1.61. The number of aryl methyl sites for hydroxylation is 2. The van der Waals surface area contributed by atoms with Gasteiger partial charge in [-0.25, -0.2) is 4.98 Å². The van der Waals surface area contributed by atoms with E-state index in [1.807, 2.05) is 43.3 Å². The molecular weight excluding hydrogens is 436 g/mol. The summed E-state index contributed by atoms with van der Waals surface area (Å²) in [5.41, 5.74) is 2.95. The maximum Gasteiger partial charge on any atom is 0.278 e. The largest absolute Gasteiger partial charge is 0.497 e. The van der Waals surface area contributed by atoms with E-state index in [2.05, 4.69) is 20.4 Å². The van der Waals surface area contributed by atoms with Crippen LogP contribution in [0.15, 0.2) is 58.1 Å². The molecule has 10 nitrogen and oxygen atoms in total. The van der Waals surface area contributed by atoms with Crippen molar-refractivity contribution in [1.29, 1.82) is 0 Å². The number of amides is 1. The molecule has 0 aliphatic carbocycles. The first-order valence-corrected chi connectivity index (χ1v) is 10.6. The molecular formula is C24H22N6O4. The average Bonchev–Trinajstić information content (AvgIpc) is 3.38. The van der Waals surface area contributed by atoms with Crippen molar-refractivity contribution >= 4 is 33.5 Å². The minimum absolute atomic E-state index is 0.0686. The zero-order valence-corrected chi connectivity index (χ0v) is 18.9. The number of aromatic nitrogens is 5. The Morgan fingerprint density at radius 2 is 1.94 bits per heavy atom. The van der Waals surface area contributed by atoms with E-state index in [9.17, 15) is 9.59 Å². The summed E-state index contributed by atoms with van der Waals surface area (Å²) in [6.45, 7) is 3.69. The van der Waals surface area contributed by atoms with E-state index in [1.54, 1.807) is 24.7 Å².